The lowest BCUT2D eigenvalue weighted by molar-refractivity contribution is 0.122. The van der Waals surface area contributed by atoms with E-state index in [4.69, 9.17) is 21.9 Å². The molecule has 1 fully saturated rings. The zero-order valence-electron chi connectivity index (χ0n) is 13.4. The standard InChI is InChI=1S/C16H19N5OS2/c1-17-15(23)20-18-11-13-14(12-5-3-2-4-6-12)19-16(24-13)21-7-9-22-10-8-21/h2-6,11H,7-10H2,1H3,(H2,17,20,23)/b18-11+. The van der Waals surface area contributed by atoms with Gasteiger partial charge >= 0.3 is 0 Å². The van der Waals surface area contributed by atoms with Gasteiger partial charge in [0.15, 0.2) is 10.2 Å². The van der Waals surface area contributed by atoms with Gasteiger partial charge in [-0.05, 0) is 12.2 Å². The maximum Gasteiger partial charge on any atom is 0.186 e. The summed E-state index contributed by atoms with van der Waals surface area (Å²) in [6, 6.07) is 10.1. The second-order valence-electron chi connectivity index (χ2n) is 5.12. The Labute approximate surface area is 150 Å². The first kappa shape index (κ1) is 16.8. The molecule has 24 heavy (non-hydrogen) atoms. The van der Waals surface area contributed by atoms with Crippen LogP contribution in [0.25, 0.3) is 11.3 Å². The molecule has 1 saturated heterocycles. The Morgan fingerprint density at radius 2 is 2.08 bits per heavy atom. The number of morpholine rings is 1. The van der Waals surface area contributed by atoms with E-state index in [-0.39, 0.29) is 0 Å². The van der Waals surface area contributed by atoms with Crippen LogP contribution in [0.5, 0.6) is 0 Å². The molecule has 1 aliphatic heterocycles. The number of nitrogens with one attached hydrogen (secondary N) is 2. The zero-order valence-corrected chi connectivity index (χ0v) is 15.0. The fraction of sp³-hybridized carbons (Fsp3) is 0.312. The Bertz CT molecular complexity index is 711. The van der Waals surface area contributed by atoms with E-state index in [2.05, 4.69) is 32.9 Å². The molecule has 1 aromatic carbocycles. The smallest absolute Gasteiger partial charge is 0.186 e. The van der Waals surface area contributed by atoms with Crippen LogP contribution in [0.15, 0.2) is 35.4 Å². The van der Waals surface area contributed by atoms with Crippen molar-refractivity contribution in [3.63, 3.8) is 0 Å². The number of hydrogen-bond donors (Lipinski definition) is 2. The number of hydrazone groups is 1. The van der Waals surface area contributed by atoms with E-state index >= 15 is 0 Å². The van der Waals surface area contributed by atoms with Crippen molar-refractivity contribution in [2.24, 2.45) is 5.10 Å². The molecule has 6 nitrogen and oxygen atoms in total. The second kappa shape index (κ2) is 8.18. The molecule has 2 N–H and O–H groups in total. The molecule has 0 atom stereocenters. The predicted molar refractivity (Wildman–Crippen MR) is 103 cm³/mol. The van der Waals surface area contributed by atoms with Gasteiger partial charge in [0.05, 0.1) is 30.0 Å². The molecule has 2 aromatic rings. The molecule has 0 spiro atoms. The van der Waals surface area contributed by atoms with Gasteiger partial charge < -0.3 is 15.0 Å². The summed E-state index contributed by atoms with van der Waals surface area (Å²) in [5, 5.41) is 8.50. The number of ether oxygens (including phenoxy) is 1. The third-order valence-electron chi connectivity index (χ3n) is 3.55. The van der Waals surface area contributed by atoms with Crippen molar-refractivity contribution in [2.75, 3.05) is 38.3 Å². The Morgan fingerprint density at radius 3 is 2.79 bits per heavy atom. The lowest BCUT2D eigenvalue weighted by Crippen LogP contribution is -2.36. The number of thiocarbonyl (C=S) groups is 1. The van der Waals surface area contributed by atoms with Crippen LogP contribution >= 0.6 is 23.6 Å². The Morgan fingerprint density at radius 1 is 1.33 bits per heavy atom. The van der Waals surface area contributed by atoms with Crippen LogP contribution in [-0.4, -0.2) is 49.7 Å². The summed E-state index contributed by atoms with van der Waals surface area (Å²) in [5.41, 5.74) is 4.79. The maximum atomic E-state index is 5.42. The minimum absolute atomic E-state index is 0.477. The Kier molecular flexibility index (Phi) is 5.73. The van der Waals surface area contributed by atoms with Gasteiger partial charge in [-0.3, -0.25) is 5.43 Å². The van der Waals surface area contributed by atoms with Gasteiger partial charge in [0.1, 0.15) is 0 Å². The van der Waals surface area contributed by atoms with Crippen molar-refractivity contribution >= 4 is 40.0 Å². The van der Waals surface area contributed by atoms with E-state index in [1.807, 2.05) is 18.2 Å². The molecule has 0 amide bonds. The van der Waals surface area contributed by atoms with E-state index < -0.39 is 0 Å². The number of rotatable bonds is 4. The summed E-state index contributed by atoms with van der Waals surface area (Å²) in [7, 11) is 1.75. The average Bonchev–Trinajstić information content (AvgIpc) is 3.07. The van der Waals surface area contributed by atoms with Crippen LogP contribution in [0.1, 0.15) is 4.88 Å². The molecule has 0 radical (unpaired) electrons. The molecule has 0 aliphatic carbocycles. The highest BCUT2D eigenvalue weighted by Gasteiger charge is 2.18. The van der Waals surface area contributed by atoms with Gasteiger partial charge in [-0.15, -0.1) is 0 Å². The fourth-order valence-corrected chi connectivity index (χ4v) is 3.37. The molecule has 0 unspecified atom stereocenters. The summed E-state index contributed by atoms with van der Waals surface area (Å²) in [6.45, 7) is 3.20. The number of thiazole rings is 1. The summed E-state index contributed by atoms with van der Waals surface area (Å²) >= 11 is 6.66. The van der Waals surface area contributed by atoms with Gasteiger partial charge in [0, 0.05) is 25.7 Å². The highest BCUT2D eigenvalue weighted by atomic mass is 32.1. The monoisotopic (exact) mass is 361 g/mol. The number of nitrogens with zero attached hydrogens (tertiary/aromatic N) is 3. The van der Waals surface area contributed by atoms with E-state index in [0.29, 0.717) is 5.11 Å². The van der Waals surface area contributed by atoms with Crippen molar-refractivity contribution in [1.82, 2.24) is 15.7 Å². The van der Waals surface area contributed by atoms with Crippen molar-refractivity contribution in [2.45, 2.75) is 0 Å². The summed E-state index contributed by atoms with van der Waals surface area (Å²) in [6.07, 6.45) is 1.77. The van der Waals surface area contributed by atoms with Gasteiger partial charge in [0.25, 0.3) is 0 Å². The maximum absolute atomic E-state index is 5.42. The van der Waals surface area contributed by atoms with E-state index in [9.17, 15) is 0 Å². The normalized spacial score (nSPS) is 14.8. The van der Waals surface area contributed by atoms with Gasteiger partial charge in [0.2, 0.25) is 0 Å². The summed E-state index contributed by atoms with van der Waals surface area (Å²) in [4.78, 5) is 8.09. The Balaban J connectivity index is 1.89. The van der Waals surface area contributed by atoms with E-state index in [1.54, 1.807) is 24.6 Å². The van der Waals surface area contributed by atoms with Crippen molar-refractivity contribution in [3.8, 4) is 11.3 Å². The predicted octanol–water partition coefficient (Wildman–Crippen LogP) is 2.07. The lowest BCUT2D eigenvalue weighted by atomic mass is 10.1. The number of benzene rings is 1. The van der Waals surface area contributed by atoms with Gasteiger partial charge in [-0.1, -0.05) is 41.7 Å². The van der Waals surface area contributed by atoms with Crippen molar-refractivity contribution in [1.29, 1.82) is 0 Å². The molecular formula is C16H19N5OS2. The lowest BCUT2D eigenvalue weighted by Gasteiger charge is -2.26. The van der Waals surface area contributed by atoms with Crippen LogP contribution in [-0.2, 0) is 4.74 Å². The molecule has 1 aliphatic rings. The minimum Gasteiger partial charge on any atom is -0.378 e. The topological polar surface area (TPSA) is 61.8 Å². The second-order valence-corrected chi connectivity index (χ2v) is 6.54. The molecule has 126 valence electrons. The SMILES string of the molecule is CNC(=S)N/N=C/c1sc(N2CCOCC2)nc1-c1ccccc1. The first-order chi connectivity index (χ1) is 11.8. The van der Waals surface area contributed by atoms with Gasteiger partial charge in [-0.2, -0.15) is 5.10 Å². The molecule has 3 rings (SSSR count). The van der Waals surface area contributed by atoms with Crippen LogP contribution in [0.2, 0.25) is 0 Å². The molecule has 0 saturated carbocycles. The Hall–Kier alpha value is -2.03. The quantitative estimate of drug-likeness (QED) is 0.494. The minimum atomic E-state index is 0.477. The third kappa shape index (κ3) is 4.08. The average molecular weight is 361 g/mol. The van der Waals surface area contributed by atoms with Crippen LogP contribution in [0, 0.1) is 0 Å². The molecular weight excluding hydrogens is 342 g/mol. The highest BCUT2D eigenvalue weighted by molar-refractivity contribution is 7.80. The van der Waals surface area contributed by atoms with E-state index in [1.165, 1.54) is 0 Å². The first-order valence-corrected chi connectivity index (χ1v) is 8.90. The fourth-order valence-electron chi connectivity index (χ4n) is 2.31. The third-order valence-corrected chi connectivity index (χ3v) is 4.89. The molecule has 0 bridgehead atoms. The first-order valence-electron chi connectivity index (χ1n) is 7.67. The number of aromatic nitrogens is 1. The zero-order chi connectivity index (χ0) is 16.8. The van der Waals surface area contributed by atoms with Gasteiger partial charge in [-0.25, -0.2) is 4.98 Å². The number of anilines is 1. The van der Waals surface area contributed by atoms with E-state index in [0.717, 1.165) is 47.6 Å². The van der Waals surface area contributed by atoms with Crippen molar-refractivity contribution < 1.29 is 4.74 Å². The van der Waals surface area contributed by atoms with Crippen LogP contribution in [0.3, 0.4) is 0 Å². The largest absolute Gasteiger partial charge is 0.378 e. The van der Waals surface area contributed by atoms with Crippen LogP contribution < -0.4 is 15.6 Å². The molecule has 1 aromatic heterocycles. The molecule has 2 heterocycles. The van der Waals surface area contributed by atoms with Crippen LogP contribution in [0.4, 0.5) is 5.13 Å². The highest BCUT2D eigenvalue weighted by Crippen LogP contribution is 2.32. The summed E-state index contributed by atoms with van der Waals surface area (Å²) in [5.74, 6) is 0. The molecule has 8 heteroatoms. The summed E-state index contributed by atoms with van der Waals surface area (Å²) < 4.78 is 5.42. The number of hydrogen-bond acceptors (Lipinski definition) is 6. The van der Waals surface area contributed by atoms with Crippen molar-refractivity contribution in [3.05, 3.63) is 35.2 Å².